The molecule has 0 bridgehead atoms. The van der Waals surface area contributed by atoms with Crippen LogP contribution in [0.15, 0.2) is 30.3 Å². The van der Waals surface area contributed by atoms with Crippen LogP contribution in [0.5, 0.6) is 5.75 Å². The van der Waals surface area contributed by atoms with Crippen molar-refractivity contribution in [2.24, 2.45) is 0 Å². The zero-order valence-electron chi connectivity index (χ0n) is 15.8. The number of hydrogen-bond donors (Lipinski definition) is 1. The number of aromatic carboxylic acids is 1. The van der Waals surface area contributed by atoms with Crippen molar-refractivity contribution in [2.45, 2.75) is 44.2 Å². The van der Waals surface area contributed by atoms with Crippen LogP contribution in [-0.4, -0.2) is 35.2 Å². The second-order valence-electron chi connectivity index (χ2n) is 7.80. The third kappa shape index (κ3) is 4.85. The van der Waals surface area contributed by atoms with Crippen molar-refractivity contribution < 1.29 is 19.0 Å². The summed E-state index contributed by atoms with van der Waals surface area (Å²) in [6, 6.07) is 8.19. The van der Waals surface area contributed by atoms with Gasteiger partial charge < -0.3 is 9.84 Å². The summed E-state index contributed by atoms with van der Waals surface area (Å²) in [6.07, 6.45) is 3.71. The fourth-order valence-electron chi connectivity index (χ4n) is 3.87. The average Bonchev–Trinajstić information content (AvgIpc) is 3.49. The van der Waals surface area contributed by atoms with Crippen LogP contribution in [0.2, 0.25) is 10.0 Å². The van der Waals surface area contributed by atoms with Crippen molar-refractivity contribution in [1.82, 2.24) is 4.90 Å². The molecule has 2 aliphatic rings. The first-order chi connectivity index (χ1) is 13.9. The molecule has 154 valence electrons. The van der Waals surface area contributed by atoms with Gasteiger partial charge in [-0.3, -0.25) is 4.90 Å². The minimum Gasteiger partial charge on any atom is -0.489 e. The second-order valence-corrected chi connectivity index (χ2v) is 8.65. The van der Waals surface area contributed by atoms with Gasteiger partial charge in [-0.25, -0.2) is 9.18 Å². The maximum atomic E-state index is 14.3. The van der Waals surface area contributed by atoms with E-state index in [0.29, 0.717) is 28.9 Å². The monoisotopic (exact) mass is 437 g/mol. The molecule has 1 aliphatic carbocycles. The Hall–Kier alpha value is -1.82. The van der Waals surface area contributed by atoms with Crippen molar-refractivity contribution in [3.8, 4) is 5.75 Å². The topological polar surface area (TPSA) is 49.8 Å². The van der Waals surface area contributed by atoms with Crippen molar-refractivity contribution in [3.05, 3.63) is 62.9 Å². The van der Waals surface area contributed by atoms with Gasteiger partial charge in [-0.2, -0.15) is 0 Å². The summed E-state index contributed by atoms with van der Waals surface area (Å²) in [6.45, 7) is 2.32. The number of carboxylic acid groups (broad SMARTS) is 1. The van der Waals surface area contributed by atoms with Gasteiger partial charge in [0, 0.05) is 29.2 Å². The zero-order chi connectivity index (χ0) is 20.5. The summed E-state index contributed by atoms with van der Waals surface area (Å²) in [4.78, 5) is 13.5. The predicted molar refractivity (Wildman–Crippen MR) is 111 cm³/mol. The van der Waals surface area contributed by atoms with E-state index in [1.807, 2.05) is 12.1 Å². The first-order valence-electron chi connectivity index (χ1n) is 9.80. The largest absolute Gasteiger partial charge is 0.489 e. The minimum atomic E-state index is -1.25. The van der Waals surface area contributed by atoms with Crippen molar-refractivity contribution >= 4 is 29.2 Å². The highest BCUT2D eigenvalue weighted by atomic mass is 35.5. The molecular formula is C22H22Cl2FNO3. The Balaban J connectivity index is 1.48. The van der Waals surface area contributed by atoms with Gasteiger partial charge in [-0.05, 0) is 67.5 Å². The highest BCUT2D eigenvalue weighted by Gasteiger charge is 2.31. The molecule has 0 unspecified atom stereocenters. The van der Waals surface area contributed by atoms with Crippen LogP contribution in [0.25, 0.3) is 0 Å². The second kappa shape index (κ2) is 8.50. The van der Waals surface area contributed by atoms with E-state index < -0.39 is 11.8 Å². The number of benzene rings is 2. The lowest BCUT2D eigenvalue weighted by atomic mass is 10.0. The molecule has 29 heavy (non-hydrogen) atoms. The van der Waals surface area contributed by atoms with E-state index in [4.69, 9.17) is 27.9 Å². The van der Waals surface area contributed by atoms with E-state index >= 15 is 0 Å². The van der Waals surface area contributed by atoms with E-state index in [9.17, 15) is 14.3 Å². The fraction of sp³-hybridized carbons (Fsp3) is 0.409. The lowest BCUT2D eigenvalue weighted by molar-refractivity contribution is 0.0690. The van der Waals surface area contributed by atoms with Crippen LogP contribution in [0.4, 0.5) is 4.39 Å². The number of nitrogens with zero attached hydrogens (tertiary/aromatic N) is 1. The van der Waals surface area contributed by atoms with Gasteiger partial charge in [-0.15, -0.1) is 0 Å². The van der Waals surface area contributed by atoms with Crippen LogP contribution in [0.3, 0.4) is 0 Å². The predicted octanol–water partition coefficient (Wildman–Crippen LogP) is 5.75. The van der Waals surface area contributed by atoms with Crippen molar-refractivity contribution in [3.63, 3.8) is 0 Å². The molecule has 1 saturated heterocycles. The molecular weight excluding hydrogens is 416 g/mol. The number of piperidine rings is 1. The Kier molecular flexibility index (Phi) is 6.00. The molecule has 0 amide bonds. The number of carboxylic acids is 1. The Morgan fingerprint density at radius 3 is 2.69 bits per heavy atom. The molecule has 1 saturated carbocycles. The number of likely N-dealkylation sites (tertiary alicyclic amines) is 1. The molecule has 2 aromatic carbocycles. The molecule has 4 nitrogen and oxygen atoms in total. The van der Waals surface area contributed by atoms with Gasteiger partial charge >= 0.3 is 5.97 Å². The van der Waals surface area contributed by atoms with E-state index in [2.05, 4.69) is 4.90 Å². The quantitative estimate of drug-likeness (QED) is 0.624. The Morgan fingerprint density at radius 2 is 2.00 bits per heavy atom. The molecule has 4 rings (SSSR count). The summed E-state index contributed by atoms with van der Waals surface area (Å²) in [7, 11) is 0. The summed E-state index contributed by atoms with van der Waals surface area (Å²) in [5.41, 5.74) is 1.52. The van der Waals surface area contributed by atoms with E-state index in [1.165, 1.54) is 12.1 Å². The first-order valence-corrected chi connectivity index (χ1v) is 10.6. The van der Waals surface area contributed by atoms with Crippen molar-refractivity contribution in [2.75, 3.05) is 13.1 Å². The smallest absolute Gasteiger partial charge is 0.338 e. The maximum Gasteiger partial charge on any atom is 0.338 e. The molecule has 1 heterocycles. The van der Waals surface area contributed by atoms with Gasteiger partial charge in [0.1, 0.15) is 17.7 Å². The maximum absolute atomic E-state index is 14.3. The van der Waals surface area contributed by atoms with Crippen molar-refractivity contribution in [1.29, 1.82) is 0 Å². The van der Waals surface area contributed by atoms with Gasteiger partial charge in [0.25, 0.3) is 0 Å². The summed E-state index contributed by atoms with van der Waals surface area (Å²) in [5, 5.41) is 10.5. The zero-order valence-corrected chi connectivity index (χ0v) is 17.3. The SMILES string of the molecule is O=C(O)c1cc(C2CC2)c(O[C@@H]2CCCN(Cc3ccc(Cl)cc3Cl)C2)cc1F. The fourth-order valence-corrected chi connectivity index (χ4v) is 4.34. The third-order valence-corrected chi connectivity index (χ3v) is 6.10. The van der Waals surface area contributed by atoms with Crippen LogP contribution < -0.4 is 4.74 Å². The number of rotatable bonds is 6. The molecule has 1 N–H and O–H groups in total. The number of halogens is 3. The highest BCUT2D eigenvalue weighted by molar-refractivity contribution is 6.35. The minimum absolute atomic E-state index is 0.0811. The Morgan fingerprint density at radius 1 is 1.21 bits per heavy atom. The molecule has 1 aliphatic heterocycles. The Labute approximate surface area is 179 Å². The molecule has 0 radical (unpaired) electrons. The summed E-state index contributed by atoms with van der Waals surface area (Å²) < 4.78 is 20.5. The average molecular weight is 438 g/mol. The van der Waals surface area contributed by atoms with Crippen LogP contribution in [0.1, 0.15) is 53.1 Å². The molecule has 0 spiro atoms. The number of ether oxygens (including phenoxy) is 1. The van der Waals surface area contributed by atoms with Crippen LogP contribution >= 0.6 is 23.2 Å². The van der Waals surface area contributed by atoms with E-state index in [1.54, 1.807) is 6.07 Å². The van der Waals surface area contributed by atoms with E-state index in [0.717, 1.165) is 43.4 Å². The molecule has 2 aromatic rings. The highest BCUT2D eigenvalue weighted by Crippen LogP contribution is 2.45. The molecule has 7 heteroatoms. The molecule has 2 fully saturated rings. The standard InChI is InChI=1S/C22H22Cl2FNO3/c23-15-6-5-14(19(24)8-15)11-26-7-1-2-16(12-26)29-21-10-20(25)18(22(27)28)9-17(21)13-3-4-13/h5-6,8-10,13,16H,1-4,7,11-12H2,(H,27,28)/t16-/m1/s1. The van der Waals surface area contributed by atoms with Gasteiger partial charge in [0.05, 0.1) is 5.56 Å². The van der Waals surface area contributed by atoms with Crippen LogP contribution in [0, 0.1) is 5.82 Å². The number of carbonyl (C=O) groups is 1. The Bertz CT molecular complexity index is 933. The first kappa shape index (κ1) is 20.5. The van der Waals surface area contributed by atoms with E-state index in [-0.39, 0.29) is 17.6 Å². The molecule has 0 aromatic heterocycles. The lowest BCUT2D eigenvalue weighted by Gasteiger charge is -2.33. The summed E-state index contributed by atoms with van der Waals surface area (Å²) in [5.74, 6) is -1.26. The van der Waals surface area contributed by atoms with Gasteiger partial charge in [0.15, 0.2) is 0 Å². The van der Waals surface area contributed by atoms with Crippen LogP contribution in [-0.2, 0) is 6.54 Å². The lowest BCUT2D eigenvalue weighted by Crippen LogP contribution is -2.40. The number of hydrogen-bond acceptors (Lipinski definition) is 3. The normalized spacial score (nSPS) is 19.9. The summed E-state index contributed by atoms with van der Waals surface area (Å²) >= 11 is 12.3. The third-order valence-electron chi connectivity index (χ3n) is 5.51. The van der Waals surface area contributed by atoms with Gasteiger partial charge in [0.2, 0.25) is 0 Å². The van der Waals surface area contributed by atoms with Gasteiger partial charge in [-0.1, -0.05) is 29.3 Å². The molecule has 1 atom stereocenters.